The number of nitro groups is 1. The van der Waals surface area contributed by atoms with Gasteiger partial charge in [0.2, 0.25) is 0 Å². The van der Waals surface area contributed by atoms with Crippen LogP contribution in [-0.4, -0.2) is 26.7 Å². The van der Waals surface area contributed by atoms with Crippen LogP contribution in [0.5, 0.6) is 0 Å². The van der Waals surface area contributed by atoms with Crippen LogP contribution in [0.4, 0.5) is 11.4 Å². The number of anilines is 1. The summed E-state index contributed by atoms with van der Waals surface area (Å²) in [5, 5.41) is 21.3. The molecule has 3 aromatic rings. The van der Waals surface area contributed by atoms with Gasteiger partial charge in [-0.1, -0.05) is 12.1 Å². The Morgan fingerprint density at radius 2 is 2.00 bits per heavy atom. The molecule has 0 spiro atoms. The van der Waals surface area contributed by atoms with Crippen LogP contribution in [0.15, 0.2) is 55.0 Å². The van der Waals surface area contributed by atoms with Crippen LogP contribution in [-0.2, 0) is 13.1 Å². The molecule has 2 N–H and O–H groups in total. The van der Waals surface area contributed by atoms with Crippen LogP contribution in [0.3, 0.4) is 0 Å². The van der Waals surface area contributed by atoms with E-state index < -0.39 is 0 Å². The van der Waals surface area contributed by atoms with Gasteiger partial charge in [0.1, 0.15) is 5.69 Å². The quantitative estimate of drug-likeness (QED) is 0.507. The van der Waals surface area contributed by atoms with E-state index in [0.29, 0.717) is 18.8 Å². The zero-order chi connectivity index (χ0) is 17.6. The number of rotatable bonds is 7. The monoisotopic (exact) mass is 338 g/mol. The molecule has 25 heavy (non-hydrogen) atoms. The number of benzene rings is 1. The second-order valence-electron chi connectivity index (χ2n) is 5.44. The Morgan fingerprint density at radius 3 is 2.64 bits per heavy atom. The first-order valence-corrected chi connectivity index (χ1v) is 7.78. The Bertz CT molecular complexity index is 846. The van der Waals surface area contributed by atoms with Crippen LogP contribution >= 0.6 is 0 Å². The van der Waals surface area contributed by atoms with Crippen molar-refractivity contribution in [1.29, 1.82) is 0 Å². The second kappa shape index (κ2) is 7.54. The highest BCUT2D eigenvalue weighted by molar-refractivity contribution is 5.62. The largest absolute Gasteiger partial charge is 0.383 e. The molecule has 2 heterocycles. The predicted octanol–water partition coefficient (Wildman–Crippen LogP) is 2.51. The molecule has 0 aliphatic rings. The average molecular weight is 338 g/mol. The molecule has 1 aromatic carbocycles. The molecular formula is C17H18N6O2. The van der Waals surface area contributed by atoms with Gasteiger partial charge >= 0.3 is 0 Å². The predicted molar refractivity (Wildman–Crippen MR) is 94.5 cm³/mol. The van der Waals surface area contributed by atoms with Gasteiger partial charge < -0.3 is 10.6 Å². The van der Waals surface area contributed by atoms with Gasteiger partial charge in [-0.05, 0) is 29.3 Å². The third kappa shape index (κ3) is 3.99. The standard InChI is InChI=1S/C17H18N6O2/c1-18-15-5-3-13(9-16(15)23(24)25)10-19-11-14-4-6-17(20-12-14)22-8-2-7-21-22/h2-9,12,18-19H,10-11H2,1H3. The van der Waals surface area contributed by atoms with Crippen molar-refractivity contribution < 1.29 is 4.92 Å². The number of hydrogen-bond donors (Lipinski definition) is 2. The van der Waals surface area contributed by atoms with E-state index >= 15 is 0 Å². The Balaban J connectivity index is 1.59. The normalized spacial score (nSPS) is 10.6. The maximum atomic E-state index is 11.1. The highest BCUT2D eigenvalue weighted by atomic mass is 16.6. The fourth-order valence-corrected chi connectivity index (χ4v) is 2.46. The molecule has 0 bridgehead atoms. The molecule has 0 unspecified atom stereocenters. The minimum absolute atomic E-state index is 0.0760. The van der Waals surface area contributed by atoms with E-state index in [2.05, 4.69) is 20.7 Å². The average Bonchev–Trinajstić information content (AvgIpc) is 3.17. The summed E-state index contributed by atoms with van der Waals surface area (Å²) in [6, 6.07) is 10.9. The maximum absolute atomic E-state index is 11.1. The molecule has 128 valence electrons. The van der Waals surface area contributed by atoms with Gasteiger partial charge in [-0.2, -0.15) is 5.10 Å². The molecule has 8 nitrogen and oxygen atoms in total. The lowest BCUT2D eigenvalue weighted by Gasteiger charge is -2.08. The number of aromatic nitrogens is 3. The maximum Gasteiger partial charge on any atom is 0.292 e. The first kappa shape index (κ1) is 16.6. The lowest BCUT2D eigenvalue weighted by molar-refractivity contribution is -0.384. The fourth-order valence-electron chi connectivity index (χ4n) is 2.46. The van der Waals surface area contributed by atoms with Crippen LogP contribution in [0.2, 0.25) is 0 Å². The van der Waals surface area contributed by atoms with E-state index in [4.69, 9.17) is 0 Å². The van der Waals surface area contributed by atoms with E-state index in [1.807, 2.05) is 30.5 Å². The molecule has 0 saturated heterocycles. The van der Waals surface area contributed by atoms with E-state index in [9.17, 15) is 10.1 Å². The summed E-state index contributed by atoms with van der Waals surface area (Å²) < 4.78 is 1.69. The van der Waals surface area contributed by atoms with Crippen LogP contribution in [0.1, 0.15) is 11.1 Å². The third-order valence-electron chi connectivity index (χ3n) is 3.73. The summed E-state index contributed by atoms with van der Waals surface area (Å²) in [4.78, 5) is 15.1. The third-order valence-corrected chi connectivity index (χ3v) is 3.73. The molecule has 3 rings (SSSR count). The van der Waals surface area contributed by atoms with Crippen LogP contribution in [0.25, 0.3) is 5.82 Å². The van der Waals surface area contributed by atoms with Crippen molar-refractivity contribution in [3.05, 3.63) is 76.2 Å². The summed E-state index contributed by atoms with van der Waals surface area (Å²) in [5.41, 5.74) is 2.46. The van der Waals surface area contributed by atoms with E-state index in [0.717, 1.165) is 16.9 Å². The zero-order valence-corrected chi connectivity index (χ0v) is 13.7. The summed E-state index contributed by atoms with van der Waals surface area (Å²) in [7, 11) is 1.67. The molecule has 0 atom stereocenters. The lowest BCUT2D eigenvalue weighted by Crippen LogP contribution is -2.13. The number of pyridine rings is 1. The van der Waals surface area contributed by atoms with Gasteiger partial charge in [-0.15, -0.1) is 0 Å². The molecule has 8 heteroatoms. The Hall–Kier alpha value is -3.26. The first-order chi connectivity index (χ1) is 12.2. The molecule has 0 aliphatic heterocycles. The highest BCUT2D eigenvalue weighted by Gasteiger charge is 2.13. The first-order valence-electron chi connectivity index (χ1n) is 7.78. The smallest absolute Gasteiger partial charge is 0.292 e. The van der Waals surface area contributed by atoms with Crippen molar-refractivity contribution >= 4 is 11.4 Å². The van der Waals surface area contributed by atoms with Crippen molar-refractivity contribution in [2.45, 2.75) is 13.1 Å². The summed E-state index contributed by atoms with van der Waals surface area (Å²) in [5.74, 6) is 0.757. The molecule has 0 saturated carbocycles. The number of nitro benzene ring substituents is 1. The SMILES string of the molecule is CNc1ccc(CNCc2ccc(-n3cccn3)nc2)cc1[N+](=O)[O-]. The minimum Gasteiger partial charge on any atom is -0.383 e. The molecule has 2 aromatic heterocycles. The van der Waals surface area contributed by atoms with Gasteiger partial charge in [-0.25, -0.2) is 9.67 Å². The molecular weight excluding hydrogens is 320 g/mol. The molecule has 0 fully saturated rings. The van der Waals surface area contributed by atoms with Gasteiger partial charge in [0.05, 0.1) is 4.92 Å². The second-order valence-corrected chi connectivity index (χ2v) is 5.44. The van der Waals surface area contributed by atoms with Gasteiger partial charge in [0.25, 0.3) is 5.69 Å². The molecule has 0 radical (unpaired) electrons. The summed E-state index contributed by atoms with van der Waals surface area (Å²) in [6.07, 6.45) is 5.33. The van der Waals surface area contributed by atoms with Crippen molar-refractivity contribution in [3.63, 3.8) is 0 Å². The van der Waals surface area contributed by atoms with Crippen LogP contribution in [0, 0.1) is 10.1 Å². The Labute approximate surface area is 144 Å². The fraction of sp³-hybridized carbons (Fsp3) is 0.176. The van der Waals surface area contributed by atoms with Crippen molar-refractivity contribution in [2.24, 2.45) is 0 Å². The van der Waals surface area contributed by atoms with Crippen molar-refractivity contribution in [1.82, 2.24) is 20.1 Å². The summed E-state index contributed by atoms with van der Waals surface area (Å²) >= 11 is 0. The zero-order valence-electron chi connectivity index (χ0n) is 13.7. The Kier molecular flexibility index (Phi) is 5.00. The van der Waals surface area contributed by atoms with Crippen molar-refractivity contribution in [3.8, 4) is 5.82 Å². The minimum atomic E-state index is -0.382. The van der Waals surface area contributed by atoms with Crippen molar-refractivity contribution in [2.75, 3.05) is 12.4 Å². The van der Waals surface area contributed by atoms with Gasteiger partial charge in [-0.3, -0.25) is 10.1 Å². The molecule has 0 aliphatic carbocycles. The topological polar surface area (TPSA) is 97.9 Å². The number of nitrogens with zero attached hydrogens (tertiary/aromatic N) is 4. The number of hydrogen-bond acceptors (Lipinski definition) is 6. The number of nitrogens with one attached hydrogen (secondary N) is 2. The van der Waals surface area contributed by atoms with Crippen LogP contribution < -0.4 is 10.6 Å². The van der Waals surface area contributed by atoms with Gasteiger partial charge in [0, 0.05) is 44.8 Å². The summed E-state index contributed by atoms with van der Waals surface area (Å²) in [6.45, 7) is 1.15. The Morgan fingerprint density at radius 1 is 1.20 bits per heavy atom. The lowest BCUT2D eigenvalue weighted by atomic mass is 10.1. The molecule has 0 amide bonds. The van der Waals surface area contributed by atoms with E-state index in [1.54, 1.807) is 36.3 Å². The van der Waals surface area contributed by atoms with E-state index in [-0.39, 0.29) is 10.6 Å². The van der Waals surface area contributed by atoms with Gasteiger partial charge in [0.15, 0.2) is 5.82 Å². The van der Waals surface area contributed by atoms with E-state index in [1.165, 1.54) is 0 Å². The highest BCUT2D eigenvalue weighted by Crippen LogP contribution is 2.24.